The molecule has 0 saturated carbocycles. The molecule has 1 aromatic heterocycles. The van der Waals surface area contributed by atoms with Crippen LogP contribution in [0.3, 0.4) is 0 Å². The Bertz CT molecular complexity index is 577. The molecule has 4 atom stereocenters. The summed E-state index contributed by atoms with van der Waals surface area (Å²) in [6.45, 7) is 7.44. The van der Waals surface area contributed by atoms with Gasteiger partial charge in [-0.2, -0.15) is 4.37 Å². The number of hydrogen-bond acceptors (Lipinski definition) is 6. The van der Waals surface area contributed by atoms with Crippen molar-refractivity contribution in [3.63, 3.8) is 0 Å². The summed E-state index contributed by atoms with van der Waals surface area (Å²) >= 11 is 1.54. The van der Waals surface area contributed by atoms with Gasteiger partial charge in [0.1, 0.15) is 5.82 Å². The van der Waals surface area contributed by atoms with Gasteiger partial charge in [0, 0.05) is 43.2 Å². The molecule has 3 rings (SSSR count). The molecule has 2 saturated heterocycles. The summed E-state index contributed by atoms with van der Waals surface area (Å²) in [5.41, 5.74) is 0. The number of amides is 1. The van der Waals surface area contributed by atoms with E-state index in [9.17, 15) is 4.79 Å². The standard InChI is InChI=1S/C18H30N4O2S/c1-11(2)16-20-18(25-21-16)22-14-5-6-15(22)8-13(7-14)9-19-17(23)12(3)10-24-4/h11-15H,5-10H2,1-4H3,(H,19,23)/t12?,13?,14-,15+. The lowest BCUT2D eigenvalue weighted by Gasteiger charge is -2.38. The summed E-state index contributed by atoms with van der Waals surface area (Å²) in [6, 6.07) is 1.09. The van der Waals surface area contributed by atoms with Crippen molar-refractivity contribution in [2.24, 2.45) is 11.8 Å². The molecule has 2 fully saturated rings. The van der Waals surface area contributed by atoms with Gasteiger partial charge in [0.2, 0.25) is 11.0 Å². The van der Waals surface area contributed by atoms with Crippen molar-refractivity contribution in [1.29, 1.82) is 0 Å². The molecule has 6 nitrogen and oxygen atoms in total. The topological polar surface area (TPSA) is 67.3 Å². The highest BCUT2D eigenvalue weighted by Gasteiger charge is 2.42. The van der Waals surface area contributed by atoms with Gasteiger partial charge in [0.05, 0.1) is 12.5 Å². The highest BCUT2D eigenvalue weighted by Crippen LogP contribution is 2.42. The zero-order chi connectivity index (χ0) is 18.0. The quantitative estimate of drug-likeness (QED) is 0.804. The second kappa shape index (κ2) is 7.99. The molecule has 1 amide bonds. The minimum absolute atomic E-state index is 0.0855. The van der Waals surface area contributed by atoms with E-state index in [1.54, 1.807) is 18.6 Å². The number of anilines is 1. The van der Waals surface area contributed by atoms with E-state index >= 15 is 0 Å². The zero-order valence-electron chi connectivity index (χ0n) is 15.7. The molecule has 0 radical (unpaired) electrons. The molecule has 1 aromatic rings. The molecule has 140 valence electrons. The van der Waals surface area contributed by atoms with Crippen LogP contribution in [0.1, 0.15) is 58.2 Å². The molecular weight excluding hydrogens is 336 g/mol. The van der Waals surface area contributed by atoms with E-state index in [0.29, 0.717) is 30.5 Å². The Morgan fingerprint density at radius 2 is 2.00 bits per heavy atom. The summed E-state index contributed by atoms with van der Waals surface area (Å²) < 4.78 is 9.59. The van der Waals surface area contributed by atoms with Crippen LogP contribution in [-0.2, 0) is 9.53 Å². The molecule has 2 bridgehead atoms. The van der Waals surface area contributed by atoms with Gasteiger partial charge < -0.3 is 15.0 Å². The van der Waals surface area contributed by atoms with E-state index in [1.807, 2.05) is 6.92 Å². The molecule has 0 aromatic carbocycles. The fraction of sp³-hybridized carbons (Fsp3) is 0.833. The second-order valence-corrected chi connectivity index (χ2v) is 8.55. The number of methoxy groups -OCH3 is 1. The largest absolute Gasteiger partial charge is 0.384 e. The van der Waals surface area contributed by atoms with Gasteiger partial charge in [0.25, 0.3) is 0 Å². The van der Waals surface area contributed by atoms with Crippen LogP contribution in [0.15, 0.2) is 0 Å². The van der Waals surface area contributed by atoms with Crippen molar-refractivity contribution in [1.82, 2.24) is 14.7 Å². The molecule has 0 spiro atoms. The number of hydrogen-bond donors (Lipinski definition) is 1. The average molecular weight is 367 g/mol. The first-order valence-electron chi connectivity index (χ1n) is 9.38. The molecule has 1 N–H and O–H groups in total. The van der Waals surface area contributed by atoms with Gasteiger partial charge in [-0.15, -0.1) is 0 Å². The fourth-order valence-electron chi connectivity index (χ4n) is 4.08. The fourth-order valence-corrected chi connectivity index (χ4v) is 5.03. The second-order valence-electron chi connectivity index (χ2n) is 7.82. The van der Waals surface area contributed by atoms with Gasteiger partial charge in [-0.25, -0.2) is 4.98 Å². The van der Waals surface area contributed by atoms with E-state index in [-0.39, 0.29) is 11.8 Å². The number of carbonyl (C=O) groups excluding carboxylic acids is 1. The maximum absolute atomic E-state index is 12.1. The van der Waals surface area contributed by atoms with Crippen LogP contribution in [0.4, 0.5) is 5.13 Å². The number of nitrogens with zero attached hydrogens (tertiary/aromatic N) is 3. The van der Waals surface area contributed by atoms with Crippen LogP contribution in [0.25, 0.3) is 0 Å². The predicted octanol–water partition coefficient (Wildman–Crippen LogP) is 2.81. The van der Waals surface area contributed by atoms with Crippen LogP contribution in [-0.4, -0.2) is 47.6 Å². The van der Waals surface area contributed by atoms with Gasteiger partial charge in [-0.3, -0.25) is 4.79 Å². The van der Waals surface area contributed by atoms with Gasteiger partial charge in [0.15, 0.2) is 0 Å². The Balaban J connectivity index is 1.56. The number of aromatic nitrogens is 2. The lowest BCUT2D eigenvalue weighted by molar-refractivity contribution is -0.126. The van der Waals surface area contributed by atoms with E-state index in [4.69, 9.17) is 9.72 Å². The minimum atomic E-state index is -0.0855. The first kappa shape index (κ1) is 18.6. The Morgan fingerprint density at radius 1 is 1.32 bits per heavy atom. The third-order valence-corrected chi connectivity index (χ3v) is 6.17. The lowest BCUT2D eigenvalue weighted by atomic mass is 9.91. The highest BCUT2D eigenvalue weighted by molar-refractivity contribution is 7.09. The molecule has 0 aliphatic carbocycles. The van der Waals surface area contributed by atoms with Crippen LogP contribution < -0.4 is 10.2 Å². The zero-order valence-corrected chi connectivity index (χ0v) is 16.5. The van der Waals surface area contributed by atoms with Crippen LogP contribution in [0.5, 0.6) is 0 Å². The molecule has 2 unspecified atom stereocenters. The molecule has 25 heavy (non-hydrogen) atoms. The number of rotatable bonds is 7. The third-order valence-electron chi connectivity index (χ3n) is 5.43. The van der Waals surface area contributed by atoms with Crippen molar-refractivity contribution in [3.05, 3.63) is 5.82 Å². The summed E-state index contributed by atoms with van der Waals surface area (Å²) in [7, 11) is 1.63. The maximum Gasteiger partial charge on any atom is 0.225 e. The smallest absolute Gasteiger partial charge is 0.225 e. The molecule has 2 aliphatic heterocycles. The van der Waals surface area contributed by atoms with Crippen molar-refractivity contribution in [2.45, 2.75) is 64.5 Å². The number of carbonyl (C=O) groups is 1. The van der Waals surface area contributed by atoms with Gasteiger partial charge >= 0.3 is 0 Å². The number of piperidine rings is 1. The van der Waals surface area contributed by atoms with Crippen LogP contribution in [0.2, 0.25) is 0 Å². The highest BCUT2D eigenvalue weighted by atomic mass is 32.1. The van der Waals surface area contributed by atoms with Crippen molar-refractivity contribution >= 4 is 22.6 Å². The van der Waals surface area contributed by atoms with Crippen molar-refractivity contribution < 1.29 is 9.53 Å². The molecule has 7 heteroatoms. The lowest BCUT2D eigenvalue weighted by Crippen LogP contribution is -2.46. The van der Waals surface area contributed by atoms with Crippen molar-refractivity contribution in [3.8, 4) is 0 Å². The van der Waals surface area contributed by atoms with E-state index < -0.39 is 0 Å². The summed E-state index contributed by atoms with van der Waals surface area (Å²) in [5, 5.41) is 4.21. The normalized spacial score (nSPS) is 26.9. The van der Waals surface area contributed by atoms with E-state index in [0.717, 1.165) is 30.3 Å². The van der Waals surface area contributed by atoms with Crippen LogP contribution in [0, 0.1) is 11.8 Å². The molecular formula is C18H30N4O2S. The Morgan fingerprint density at radius 3 is 2.56 bits per heavy atom. The van der Waals surface area contributed by atoms with Crippen molar-refractivity contribution in [2.75, 3.05) is 25.2 Å². The first-order valence-corrected chi connectivity index (χ1v) is 10.2. The average Bonchev–Trinajstić information content (AvgIpc) is 3.15. The van der Waals surface area contributed by atoms with Crippen LogP contribution >= 0.6 is 11.5 Å². The van der Waals surface area contributed by atoms with Gasteiger partial charge in [-0.05, 0) is 31.6 Å². The summed E-state index contributed by atoms with van der Waals surface area (Å²) in [5.74, 6) is 1.91. The SMILES string of the molecule is COCC(C)C(=O)NCC1C[C@H]2CC[C@@H](C1)N2c1nc(C(C)C)ns1. The summed E-state index contributed by atoms with van der Waals surface area (Å²) in [4.78, 5) is 19.4. The predicted molar refractivity (Wildman–Crippen MR) is 100 cm³/mol. The molecule has 3 heterocycles. The maximum atomic E-state index is 12.1. The minimum Gasteiger partial charge on any atom is -0.384 e. The number of nitrogens with one attached hydrogen (secondary N) is 1. The first-order chi connectivity index (χ1) is 12.0. The molecule has 2 aliphatic rings. The third kappa shape index (κ3) is 4.14. The Hall–Kier alpha value is -1.21. The number of ether oxygens (including phenoxy) is 1. The Kier molecular flexibility index (Phi) is 5.94. The Labute approximate surface area is 154 Å². The van der Waals surface area contributed by atoms with Gasteiger partial charge in [-0.1, -0.05) is 20.8 Å². The monoisotopic (exact) mass is 366 g/mol. The van der Waals surface area contributed by atoms with E-state index in [1.165, 1.54) is 12.8 Å². The summed E-state index contributed by atoms with van der Waals surface area (Å²) in [6.07, 6.45) is 4.72. The number of fused-ring (bicyclic) bond motifs is 2. The van der Waals surface area contributed by atoms with E-state index in [2.05, 4.69) is 28.4 Å².